The molecule has 20 heavy (non-hydrogen) atoms. The molecular formula is C17H32N2O. The number of rotatable bonds is 4. The average molecular weight is 280 g/mol. The Morgan fingerprint density at radius 3 is 2.45 bits per heavy atom. The van der Waals surface area contributed by atoms with Crippen LogP contribution in [0.15, 0.2) is 0 Å². The van der Waals surface area contributed by atoms with E-state index in [1.807, 2.05) is 0 Å². The molecule has 0 spiro atoms. The molecule has 0 saturated carbocycles. The second kappa shape index (κ2) is 6.76. The van der Waals surface area contributed by atoms with Crippen molar-refractivity contribution in [2.75, 3.05) is 52.5 Å². The number of hydrogen-bond donors (Lipinski definition) is 0. The van der Waals surface area contributed by atoms with Gasteiger partial charge in [0.2, 0.25) is 0 Å². The van der Waals surface area contributed by atoms with Gasteiger partial charge in [-0.25, -0.2) is 0 Å². The van der Waals surface area contributed by atoms with Crippen molar-refractivity contribution in [1.82, 2.24) is 9.80 Å². The third kappa shape index (κ3) is 3.96. The van der Waals surface area contributed by atoms with Crippen molar-refractivity contribution in [3.05, 3.63) is 0 Å². The van der Waals surface area contributed by atoms with Crippen LogP contribution in [0.4, 0.5) is 0 Å². The Labute approximate surface area is 124 Å². The molecule has 0 radical (unpaired) electrons. The molecule has 3 aliphatic rings. The van der Waals surface area contributed by atoms with Gasteiger partial charge in [-0.3, -0.25) is 0 Å². The molecule has 0 bridgehead atoms. The van der Waals surface area contributed by atoms with E-state index in [9.17, 15) is 0 Å². The van der Waals surface area contributed by atoms with Crippen LogP contribution in [-0.4, -0.2) is 62.3 Å². The monoisotopic (exact) mass is 280 g/mol. The van der Waals surface area contributed by atoms with Gasteiger partial charge in [-0.15, -0.1) is 0 Å². The van der Waals surface area contributed by atoms with Crippen LogP contribution >= 0.6 is 0 Å². The van der Waals surface area contributed by atoms with E-state index in [0.29, 0.717) is 5.41 Å². The van der Waals surface area contributed by atoms with Crippen LogP contribution < -0.4 is 0 Å². The summed E-state index contributed by atoms with van der Waals surface area (Å²) in [6.07, 6.45) is 8.21. The highest BCUT2D eigenvalue weighted by Crippen LogP contribution is 2.32. The van der Waals surface area contributed by atoms with E-state index < -0.39 is 0 Å². The van der Waals surface area contributed by atoms with Gasteiger partial charge in [0.15, 0.2) is 0 Å². The molecule has 1 unspecified atom stereocenters. The van der Waals surface area contributed by atoms with Gasteiger partial charge in [-0.2, -0.15) is 0 Å². The third-order valence-electron chi connectivity index (χ3n) is 5.62. The fourth-order valence-corrected chi connectivity index (χ4v) is 4.34. The highest BCUT2D eigenvalue weighted by molar-refractivity contribution is 4.84. The fraction of sp³-hybridized carbons (Fsp3) is 1.00. The van der Waals surface area contributed by atoms with E-state index in [0.717, 1.165) is 19.1 Å². The summed E-state index contributed by atoms with van der Waals surface area (Å²) in [5.74, 6) is 0.922. The molecule has 3 saturated heterocycles. The summed E-state index contributed by atoms with van der Waals surface area (Å²) in [6.45, 7) is 12.4. The van der Waals surface area contributed by atoms with Gasteiger partial charge in [0.1, 0.15) is 0 Å². The molecule has 3 heteroatoms. The predicted molar refractivity (Wildman–Crippen MR) is 83.0 cm³/mol. The molecule has 0 aromatic rings. The first-order chi connectivity index (χ1) is 9.73. The molecule has 3 rings (SSSR count). The summed E-state index contributed by atoms with van der Waals surface area (Å²) >= 11 is 0. The molecule has 0 aliphatic carbocycles. The third-order valence-corrected chi connectivity index (χ3v) is 5.62. The summed E-state index contributed by atoms with van der Waals surface area (Å²) < 4.78 is 5.54. The van der Waals surface area contributed by atoms with E-state index >= 15 is 0 Å². The standard InChI is InChI=1S/C17H32N2O/c1-17(6-11-20-12-7-17)15-19-10-4-5-16(14-19)13-18-8-2-3-9-18/h16H,2-15H2,1H3. The SMILES string of the molecule is CC1(CN2CCCC(CN3CCCC3)C2)CCOCC1. The number of hydrogen-bond acceptors (Lipinski definition) is 3. The minimum atomic E-state index is 0.508. The van der Waals surface area contributed by atoms with Crippen LogP contribution in [0.2, 0.25) is 0 Å². The number of ether oxygens (including phenoxy) is 1. The first-order valence-electron chi connectivity index (χ1n) is 8.76. The largest absolute Gasteiger partial charge is 0.381 e. The lowest BCUT2D eigenvalue weighted by Crippen LogP contribution is -2.46. The van der Waals surface area contributed by atoms with Gasteiger partial charge in [0.25, 0.3) is 0 Å². The molecule has 0 aromatic carbocycles. The zero-order chi connectivity index (χ0) is 13.8. The lowest BCUT2D eigenvalue weighted by molar-refractivity contribution is -0.00321. The summed E-state index contributed by atoms with van der Waals surface area (Å²) in [5.41, 5.74) is 0.508. The molecule has 0 amide bonds. The van der Waals surface area contributed by atoms with E-state index in [4.69, 9.17) is 4.74 Å². The van der Waals surface area contributed by atoms with Crippen molar-refractivity contribution in [1.29, 1.82) is 0 Å². The van der Waals surface area contributed by atoms with Crippen LogP contribution in [-0.2, 0) is 4.74 Å². The van der Waals surface area contributed by atoms with Gasteiger partial charge < -0.3 is 14.5 Å². The zero-order valence-corrected chi connectivity index (χ0v) is 13.3. The van der Waals surface area contributed by atoms with Crippen LogP contribution in [0.3, 0.4) is 0 Å². The molecule has 3 aliphatic heterocycles. The van der Waals surface area contributed by atoms with E-state index in [1.54, 1.807) is 0 Å². The quantitative estimate of drug-likeness (QED) is 0.787. The highest BCUT2D eigenvalue weighted by atomic mass is 16.5. The van der Waals surface area contributed by atoms with Crippen LogP contribution in [0, 0.1) is 11.3 Å². The second-order valence-corrected chi connectivity index (χ2v) is 7.67. The maximum Gasteiger partial charge on any atom is 0.0471 e. The Morgan fingerprint density at radius 1 is 1.00 bits per heavy atom. The van der Waals surface area contributed by atoms with E-state index in [1.165, 1.54) is 77.8 Å². The minimum Gasteiger partial charge on any atom is -0.381 e. The first kappa shape index (κ1) is 14.8. The molecule has 0 N–H and O–H groups in total. The normalized spacial score (nSPS) is 32.5. The van der Waals surface area contributed by atoms with E-state index in [2.05, 4.69) is 16.7 Å². The van der Waals surface area contributed by atoms with E-state index in [-0.39, 0.29) is 0 Å². The van der Waals surface area contributed by atoms with Gasteiger partial charge >= 0.3 is 0 Å². The minimum absolute atomic E-state index is 0.508. The summed E-state index contributed by atoms with van der Waals surface area (Å²) in [5, 5.41) is 0. The van der Waals surface area contributed by atoms with Gasteiger partial charge in [-0.05, 0) is 69.5 Å². The second-order valence-electron chi connectivity index (χ2n) is 7.67. The molecular weight excluding hydrogens is 248 g/mol. The molecule has 116 valence electrons. The number of piperidine rings is 1. The van der Waals surface area contributed by atoms with Gasteiger partial charge in [0.05, 0.1) is 0 Å². The number of nitrogens with zero attached hydrogens (tertiary/aromatic N) is 2. The lowest BCUT2D eigenvalue weighted by Gasteiger charge is -2.42. The Morgan fingerprint density at radius 2 is 1.70 bits per heavy atom. The van der Waals surface area contributed by atoms with Gasteiger partial charge in [-0.1, -0.05) is 6.92 Å². The smallest absolute Gasteiger partial charge is 0.0471 e. The Kier molecular flexibility index (Phi) is 5.00. The Bertz CT molecular complexity index is 295. The van der Waals surface area contributed by atoms with Crippen molar-refractivity contribution in [2.45, 2.75) is 45.4 Å². The fourth-order valence-electron chi connectivity index (χ4n) is 4.34. The zero-order valence-electron chi connectivity index (χ0n) is 13.3. The Hall–Kier alpha value is -0.120. The molecule has 3 nitrogen and oxygen atoms in total. The van der Waals surface area contributed by atoms with Crippen LogP contribution in [0.1, 0.15) is 45.4 Å². The molecule has 3 fully saturated rings. The van der Waals surface area contributed by atoms with Crippen LogP contribution in [0.5, 0.6) is 0 Å². The van der Waals surface area contributed by atoms with Gasteiger partial charge in [0, 0.05) is 32.8 Å². The molecule has 3 heterocycles. The van der Waals surface area contributed by atoms with Crippen molar-refractivity contribution in [3.63, 3.8) is 0 Å². The maximum absolute atomic E-state index is 5.54. The van der Waals surface area contributed by atoms with Crippen LogP contribution in [0.25, 0.3) is 0 Å². The summed E-state index contributed by atoms with van der Waals surface area (Å²) in [7, 11) is 0. The van der Waals surface area contributed by atoms with Crippen molar-refractivity contribution >= 4 is 0 Å². The summed E-state index contributed by atoms with van der Waals surface area (Å²) in [6, 6.07) is 0. The van der Waals surface area contributed by atoms with Crippen molar-refractivity contribution in [3.8, 4) is 0 Å². The highest BCUT2D eigenvalue weighted by Gasteiger charge is 2.32. The predicted octanol–water partition coefficient (Wildman–Crippen LogP) is 2.61. The molecule has 0 aromatic heterocycles. The van der Waals surface area contributed by atoms with Crippen molar-refractivity contribution in [2.24, 2.45) is 11.3 Å². The van der Waals surface area contributed by atoms with Crippen molar-refractivity contribution < 1.29 is 4.74 Å². The first-order valence-corrected chi connectivity index (χ1v) is 8.76. The molecule has 1 atom stereocenters. The lowest BCUT2D eigenvalue weighted by atomic mass is 9.81. The topological polar surface area (TPSA) is 15.7 Å². The number of likely N-dealkylation sites (tertiary alicyclic amines) is 2. The maximum atomic E-state index is 5.54. The average Bonchev–Trinajstić information content (AvgIpc) is 2.92. The summed E-state index contributed by atoms with van der Waals surface area (Å²) in [4.78, 5) is 5.46. The Balaban J connectivity index is 1.47.